The molecule has 19 heavy (non-hydrogen) atoms. The molecule has 0 saturated heterocycles. The van der Waals surface area contributed by atoms with Crippen molar-refractivity contribution in [1.29, 1.82) is 0 Å². The summed E-state index contributed by atoms with van der Waals surface area (Å²) in [4.78, 5) is 0. The standard InChI is InChI=1S/C15H16BrClN2/c1-10-3-2-4-12(7-10)19-15(9-18)13-8-11(16)5-6-14(13)17/h2-8,15,19H,9,18H2,1H3. The highest BCUT2D eigenvalue weighted by atomic mass is 79.9. The van der Waals surface area contributed by atoms with Gasteiger partial charge in [-0.2, -0.15) is 0 Å². The Kier molecular flexibility index (Phi) is 4.86. The van der Waals surface area contributed by atoms with Gasteiger partial charge in [-0.15, -0.1) is 0 Å². The molecule has 0 amide bonds. The van der Waals surface area contributed by atoms with Gasteiger partial charge in [-0.3, -0.25) is 0 Å². The van der Waals surface area contributed by atoms with Gasteiger partial charge in [-0.05, 0) is 48.4 Å². The molecule has 100 valence electrons. The van der Waals surface area contributed by atoms with E-state index in [1.54, 1.807) is 0 Å². The second-order valence-electron chi connectivity index (χ2n) is 4.47. The van der Waals surface area contributed by atoms with Gasteiger partial charge in [0.25, 0.3) is 0 Å². The fraction of sp³-hybridized carbons (Fsp3) is 0.200. The molecule has 4 heteroatoms. The summed E-state index contributed by atoms with van der Waals surface area (Å²) in [6.45, 7) is 2.54. The van der Waals surface area contributed by atoms with Crippen molar-refractivity contribution in [3.8, 4) is 0 Å². The minimum absolute atomic E-state index is 0.00759. The van der Waals surface area contributed by atoms with Crippen LogP contribution in [0.25, 0.3) is 0 Å². The summed E-state index contributed by atoms with van der Waals surface area (Å²) in [7, 11) is 0. The molecule has 0 aromatic heterocycles. The maximum atomic E-state index is 6.25. The van der Waals surface area contributed by atoms with Gasteiger partial charge in [-0.25, -0.2) is 0 Å². The minimum atomic E-state index is -0.00759. The topological polar surface area (TPSA) is 38.0 Å². The van der Waals surface area contributed by atoms with E-state index in [4.69, 9.17) is 17.3 Å². The van der Waals surface area contributed by atoms with E-state index >= 15 is 0 Å². The van der Waals surface area contributed by atoms with Crippen molar-refractivity contribution >= 4 is 33.2 Å². The van der Waals surface area contributed by atoms with Crippen LogP contribution in [-0.4, -0.2) is 6.54 Å². The number of nitrogens with two attached hydrogens (primary N) is 1. The lowest BCUT2D eigenvalue weighted by atomic mass is 10.1. The number of anilines is 1. The van der Waals surface area contributed by atoms with Crippen LogP contribution < -0.4 is 11.1 Å². The van der Waals surface area contributed by atoms with Gasteiger partial charge in [-0.1, -0.05) is 39.7 Å². The Morgan fingerprint density at radius 1 is 1.26 bits per heavy atom. The Labute approximate surface area is 127 Å². The normalized spacial score (nSPS) is 12.2. The summed E-state index contributed by atoms with van der Waals surface area (Å²) in [6, 6.07) is 14.0. The molecule has 0 aliphatic rings. The van der Waals surface area contributed by atoms with Gasteiger partial charge >= 0.3 is 0 Å². The number of hydrogen-bond acceptors (Lipinski definition) is 2. The average molecular weight is 340 g/mol. The molecule has 0 heterocycles. The van der Waals surface area contributed by atoms with Crippen LogP contribution in [0.4, 0.5) is 5.69 Å². The first kappa shape index (κ1) is 14.4. The predicted molar refractivity (Wildman–Crippen MR) is 85.7 cm³/mol. The predicted octanol–water partition coefficient (Wildman–Crippen LogP) is 4.52. The van der Waals surface area contributed by atoms with Crippen molar-refractivity contribution in [2.24, 2.45) is 5.73 Å². The fourth-order valence-electron chi connectivity index (χ4n) is 1.98. The zero-order valence-corrected chi connectivity index (χ0v) is 13.0. The lowest BCUT2D eigenvalue weighted by molar-refractivity contribution is 0.789. The zero-order chi connectivity index (χ0) is 13.8. The van der Waals surface area contributed by atoms with Crippen LogP contribution in [0.5, 0.6) is 0 Å². The molecule has 3 N–H and O–H groups in total. The fourth-order valence-corrected chi connectivity index (χ4v) is 2.61. The van der Waals surface area contributed by atoms with E-state index in [0.717, 1.165) is 20.7 Å². The van der Waals surface area contributed by atoms with Crippen molar-refractivity contribution < 1.29 is 0 Å². The van der Waals surface area contributed by atoms with Crippen LogP contribution in [0.2, 0.25) is 5.02 Å². The number of rotatable bonds is 4. The molecule has 1 atom stereocenters. The van der Waals surface area contributed by atoms with E-state index in [0.29, 0.717) is 6.54 Å². The molecule has 0 fully saturated rings. The number of nitrogens with one attached hydrogen (secondary N) is 1. The molecule has 0 saturated carbocycles. The molecule has 2 rings (SSSR count). The summed E-state index contributed by atoms with van der Waals surface area (Å²) in [5.74, 6) is 0. The summed E-state index contributed by atoms with van der Waals surface area (Å²) < 4.78 is 0.997. The summed E-state index contributed by atoms with van der Waals surface area (Å²) >= 11 is 9.71. The van der Waals surface area contributed by atoms with E-state index in [-0.39, 0.29) is 6.04 Å². The molecular formula is C15H16BrClN2. The van der Waals surface area contributed by atoms with Gasteiger partial charge in [0, 0.05) is 21.7 Å². The van der Waals surface area contributed by atoms with Crippen LogP contribution in [-0.2, 0) is 0 Å². The first-order valence-corrected chi connectivity index (χ1v) is 7.25. The van der Waals surface area contributed by atoms with Crippen LogP contribution in [0.3, 0.4) is 0 Å². The average Bonchev–Trinajstić information content (AvgIpc) is 2.39. The molecule has 0 bridgehead atoms. The van der Waals surface area contributed by atoms with Gasteiger partial charge in [0.1, 0.15) is 0 Å². The van der Waals surface area contributed by atoms with Gasteiger partial charge in [0.05, 0.1) is 6.04 Å². The van der Waals surface area contributed by atoms with Crippen LogP contribution in [0, 0.1) is 6.92 Å². The van der Waals surface area contributed by atoms with E-state index in [9.17, 15) is 0 Å². The summed E-state index contributed by atoms with van der Waals surface area (Å²) in [5.41, 5.74) is 9.13. The highest BCUT2D eigenvalue weighted by Crippen LogP contribution is 2.28. The van der Waals surface area contributed by atoms with Gasteiger partial charge in [0.2, 0.25) is 0 Å². The number of halogens is 2. The molecule has 0 spiro atoms. The van der Waals surface area contributed by atoms with Gasteiger partial charge < -0.3 is 11.1 Å². The van der Waals surface area contributed by atoms with Crippen molar-refractivity contribution in [3.05, 3.63) is 63.1 Å². The third kappa shape index (κ3) is 3.72. The Morgan fingerprint density at radius 2 is 2.05 bits per heavy atom. The molecule has 0 radical (unpaired) electrons. The van der Waals surface area contributed by atoms with Crippen molar-refractivity contribution in [3.63, 3.8) is 0 Å². The SMILES string of the molecule is Cc1cccc(NC(CN)c2cc(Br)ccc2Cl)c1. The molecule has 2 aromatic carbocycles. The molecule has 0 aliphatic heterocycles. The second-order valence-corrected chi connectivity index (χ2v) is 5.79. The summed E-state index contributed by atoms with van der Waals surface area (Å²) in [6.07, 6.45) is 0. The zero-order valence-electron chi connectivity index (χ0n) is 10.7. The quantitative estimate of drug-likeness (QED) is 0.859. The lowest BCUT2D eigenvalue weighted by Gasteiger charge is -2.20. The third-order valence-corrected chi connectivity index (χ3v) is 3.77. The van der Waals surface area contributed by atoms with E-state index in [1.165, 1.54) is 5.56 Å². The maximum Gasteiger partial charge on any atom is 0.0651 e. The Hall–Kier alpha value is -1.03. The largest absolute Gasteiger partial charge is 0.377 e. The third-order valence-electron chi connectivity index (χ3n) is 2.93. The van der Waals surface area contributed by atoms with E-state index in [2.05, 4.69) is 40.3 Å². The first-order valence-electron chi connectivity index (χ1n) is 6.08. The number of hydrogen-bond donors (Lipinski definition) is 2. The van der Waals surface area contributed by atoms with Crippen molar-refractivity contribution in [1.82, 2.24) is 0 Å². The maximum absolute atomic E-state index is 6.25. The summed E-state index contributed by atoms with van der Waals surface area (Å²) in [5, 5.41) is 4.14. The highest BCUT2D eigenvalue weighted by molar-refractivity contribution is 9.10. The number of benzene rings is 2. The van der Waals surface area contributed by atoms with E-state index in [1.807, 2.05) is 30.3 Å². The van der Waals surface area contributed by atoms with Crippen molar-refractivity contribution in [2.75, 3.05) is 11.9 Å². The van der Waals surface area contributed by atoms with Crippen LogP contribution in [0.1, 0.15) is 17.2 Å². The Bertz CT molecular complexity index is 572. The smallest absolute Gasteiger partial charge is 0.0651 e. The highest BCUT2D eigenvalue weighted by Gasteiger charge is 2.13. The first-order chi connectivity index (χ1) is 9.10. The molecule has 1 unspecified atom stereocenters. The molecule has 2 aromatic rings. The monoisotopic (exact) mass is 338 g/mol. The number of aryl methyl sites for hydroxylation is 1. The molecular weight excluding hydrogens is 324 g/mol. The molecule has 2 nitrogen and oxygen atoms in total. The Balaban J connectivity index is 2.27. The van der Waals surface area contributed by atoms with Gasteiger partial charge in [0.15, 0.2) is 0 Å². The Morgan fingerprint density at radius 3 is 2.74 bits per heavy atom. The minimum Gasteiger partial charge on any atom is -0.377 e. The van der Waals surface area contributed by atoms with Crippen molar-refractivity contribution in [2.45, 2.75) is 13.0 Å². The van der Waals surface area contributed by atoms with Crippen LogP contribution in [0.15, 0.2) is 46.9 Å². The van der Waals surface area contributed by atoms with Crippen LogP contribution >= 0.6 is 27.5 Å². The second kappa shape index (κ2) is 6.42. The van der Waals surface area contributed by atoms with E-state index < -0.39 is 0 Å². The molecule has 0 aliphatic carbocycles. The lowest BCUT2D eigenvalue weighted by Crippen LogP contribution is -2.21.